The molecule has 0 aromatic heterocycles. The van der Waals surface area contributed by atoms with E-state index in [1.165, 1.54) is 12.8 Å². The number of hydrogen-bond acceptors (Lipinski definition) is 3. The highest BCUT2D eigenvalue weighted by Gasteiger charge is 2.26. The molecule has 5 nitrogen and oxygen atoms in total. The third-order valence-corrected chi connectivity index (χ3v) is 4.03. The number of nitrogens with one attached hydrogen (secondary N) is 1. The van der Waals surface area contributed by atoms with Gasteiger partial charge in [0, 0.05) is 0 Å². The highest BCUT2D eigenvalue weighted by Crippen LogP contribution is 2.13. The molecule has 1 rings (SSSR count). The molecule has 1 aliphatic heterocycles. The first-order chi connectivity index (χ1) is 9.56. The quantitative estimate of drug-likeness (QED) is 0.750. The summed E-state index contributed by atoms with van der Waals surface area (Å²) in [6, 6.07) is -0.992. The van der Waals surface area contributed by atoms with Crippen molar-refractivity contribution in [1.29, 1.82) is 0 Å². The SMILES string of the molecule is CCCCC(NC(=O)C(C)N1CCCCCC1)C(=O)O. The summed E-state index contributed by atoms with van der Waals surface area (Å²) in [4.78, 5) is 25.6. The minimum absolute atomic E-state index is 0.157. The number of carboxylic acids is 1. The second kappa shape index (κ2) is 8.95. The Balaban J connectivity index is 2.51. The summed E-state index contributed by atoms with van der Waals surface area (Å²) >= 11 is 0. The van der Waals surface area contributed by atoms with Crippen molar-refractivity contribution < 1.29 is 14.7 Å². The summed E-state index contributed by atoms with van der Waals surface area (Å²) in [7, 11) is 0. The maximum atomic E-state index is 12.2. The molecule has 0 radical (unpaired) electrons. The molecule has 0 aliphatic carbocycles. The lowest BCUT2D eigenvalue weighted by molar-refractivity contribution is -0.142. The summed E-state index contributed by atoms with van der Waals surface area (Å²) in [5.74, 6) is -1.09. The van der Waals surface area contributed by atoms with Gasteiger partial charge in [0.15, 0.2) is 0 Å². The minimum atomic E-state index is -0.935. The van der Waals surface area contributed by atoms with Gasteiger partial charge < -0.3 is 10.4 Å². The third-order valence-electron chi connectivity index (χ3n) is 4.03. The maximum Gasteiger partial charge on any atom is 0.326 e. The number of aliphatic carboxylic acids is 1. The van der Waals surface area contributed by atoms with E-state index in [1.54, 1.807) is 0 Å². The molecule has 0 aromatic rings. The first kappa shape index (κ1) is 17.0. The molecule has 0 bridgehead atoms. The molecule has 1 aliphatic rings. The number of carbonyl (C=O) groups excluding carboxylic acids is 1. The van der Waals surface area contributed by atoms with Gasteiger partial charge >= 0.3 is 5.97 Å². The lowest BCUT2D eigenvalue weighted by atomic mass is 10.1. The predicted molar refractivity (Wildman–Crippen MR) is 78.6 cm³/mol. The molecule has 116 valence electrons. The number of carbonyl (C=O) groups is 2. The van der Waals surface area contributed by atoms with Gasteiger partial charge in [-0.25, -0.2) is 4.79 Å². The van der Waals surface area contributed by atoms with E-state index in [0.29, 0.717) is 6.42 Å². The van der Waals surface area contributed by atoms with Crippen LogP contribution in [0.25, 0.3) is 0 Å². The molecule has 1 heterocycles. The van der Waals surface area contributed by atoms with Crippen LogP contribution in [0.4, 0.5) is 0 Å². The van der Waals surface area contributed by atoms with Crippen LogP contribution < -0.4 is 5.32 Å². The van der Waals surface area contributed by atoms with Gasteiger partial charge in [-0.3, -0.25) is 9.69 Å². The second-order valence-corrected chi connectivity index (χ2v) is 5.67. The molecule has 1 amide bonds. The fraction of sp³-hybridized carbons (Fsp3) is 0.867. The monoisotopic (exact) mass is 284 g/mol. The van der Waals surface area contributed by atoms with E-state index in [0.717, 1.165) is 38.8 Å². The number of amides is 1. The van der Waals surface area contributed by atoms with Gasteiger partial charge in [0.1, 0.15) is 6.04 Å². The van der Waals surface area contributed by atoms with E-state index in [-0.39, 0.29) is 11.9 Å². The summed E-state index contributed by atoms with van der Waals surface area (Å²) in [6.07, 6.45) is 6.94. The molecule has 0 aromatic carbocycles. The van der Waals surface area contributed by atoms with Crippen LogP contribution in [0.1, 0.15) is 58.8 Å². The van der Waals surface area contributed by atoms with Crippen LogP contribution in [0.3, 0.4) is 0 Å². The first-order valence-electron chi connectivity index (χ1n) is 7.83. The molecular formula is C15H28N2O3. The zero-order valence-electron chi connectivity index (χ0n) is 12.7. The van der Waals surface area contributed by atoms with Crippen molar-refractivity contribution in [3.05, 3.63) is 0 Å². The lowest BCUT2D eigenvalue weighted by Gasteiger charge is -2.27. The van der Waals surface area contributed by atoms with Crippen LogP contribution in [0, 0.1) is 0 Å². The highest BCUT2D eigenvalue weighted by atomic mass is 16.4. The van der Waals surface area contributed by atoms with Crippen LogP contribution in [0.5, 0.6) is 0 Å². The van der Waals surface area contributed by atoms with Crippen molar-refractivity contribution in [1.82, 2.24) is 10.2 Å². The van der Waals surface area contributed by atoms with Gasteiger partial charge in [0.2, 0.25) is 5.91 Å². The number of nitrogens with zero attached hydrogens (tertiary/aromatic N) is 1. The Morgan fingerprint density at radius 2 is 1.80 bits per heavy atom. The molecule has 0 saturated carbocycles. The normalized spacial score (nSPS) is 19.9. The summed E-state index contributed by atoms with van der Waals surface area (Å²) in [6.45, 7) is 5.75. The Bertz CT molecular complexity index is 312. The fourth-order valence-electron chi connectivity index (χ4n) is 2.61. The van der Waals surface area contributed by atoms with E-state index in [9.17, 15) is 9.59 Å². The zero-order chi connectivity index (χ0) is 15.0. The summed E-state index contributed by atoms with van der Waals surface area (Å²) < 4.78 is 0. The first-order valence-corrected chi connectivity index (χ1v) is 7.83. The van der Waals surface area contributed by atoms with Crippen molar-refractivity contribution in [3.8, 4) is 0 Å². The second-order valence-electron chi connectivity index (χ2n) is 5.67. The van der Waals surface area contributed by atoms with Crippen LogP contribution >= 0.6 is 0 Å². The van der Waals surface area contributed by atoms with Crippen molar-refractivity contribution >= 4 is 11.9 Å². The lowest BCUT2D eigenvalue weighted by Crippen LogP contribution is -2.50. The van der Waals surface area contributed by atoms with Gasteiger partial charge in [-0.15, -0.1) is 0 Å². The van der Waals surface area contributed by atoms with Crippen molar-refractivity contribution in [2.75, 3.05) is 13.1 Å². The number of likely N-dealkylation sites (tertiary alicyclic amines) is 1. The number of hydrogen-bond donors (Lipinski definition) is 2. The third kappa shape index (κ3) is 5.49. The summed E-state index contributed by atoms with van der Waals surface area (Å²) in [5, 5.41) is 11.8. The number of rotatable bonds is 7. The molecular weight excluding hydrogens is 256 g/mol. The standard InChI is InChI=1S/C15H28N2O3/c1-3-4-9-13(15(19)20)16-14(18)12(2)17-10-7-5-6-8-11-17/h12-13H,3-11H2,1-2H3,(H,16,18)(H,19,20). The summed E-state index contributed by atoms with van der Waals surface area (Å²) in [5.41, 5.74) is 0. The zero-order valence-corrected chi connectivity index (χ0v) is 12.7. The average molecular weight is 284 g/mol. The van der Waals surface area contributed by atoms with Crippen molar-refractivity contribution in [2.45, 2.75) is 70.9 Å². The fourth-order valence-corrected chi connectivity index (χ4v) is 2.61. The Morgan fingerprint density at radius 3 is 2.30 bits per heavy atom. The molecule has 2 atom stereocenters. The molecule has 2 N–H and O–H groups in total. The van der Waals surface area contributed by atoms with Gasteiger partial charge in [-0.1, -0.05) is 32.6 Å². The topological polar surface area (TPSA) is 69.6 Å². The molecule has 5 heteroatoms. The molecule has 1 saturated heterocycles. The Hall–Kier alpha value is -1.10. The average Bonchev–Trinajstić information content (AvgIpc) is 2.70. The van der Waals surface area contributed by atoms with Gasteiger partial charge in [-0.2, -0.15) is 0 Å². The van der Waals surface area contributed by atoms with E-state index in [1.807, 2.05) is 13.8 Å². The number of carboxylic acid groups (broad SMARTS) is 1. The van der Waals surface area contributed by atoms with Gasteiger partial charge in [-0.05, 0) is 39.3 Å². The Morgan fingerprint density at radius 1 is 1.20 bits per heavy atom. The molecule has 2 unspecified atom stereocenters. The van der Waals surface area contributed by atoms with Gasteiger partial charge in [0.05, 0.1) is 6.04 Å². The van der Waals surface area contributed by atoms with Crippen LogP contribution in [0.2, 0.25) is 0 Å². The van der Waals surface area contributed by atoms with Crippen LogP contribution in [-0.4, -0.2) is 47.1 Å². The minimum Gasteiger partial charge on any atom is -0.480 e. The van der Waals surface area contributed by atoms with Crippen molar-refractivity contribution in [2.24, 2.45) is 0 Å². The largest absolute Gasteiger partial charge is 0.480 e. The highest BCUT2D eigenvalue weighted by molar-refractivity contribution is 5.86. The van der Waals surface area contributed by atoms with Crippen LogP contribution in [-0.2, 0) is 9.59 Å². The Labute approximate surface area is 121 Å². The molecule has 20 heavy (non-hydrogen) atoms. The van der Waals surface area contributed by atoms with Gasteiger partial charge in [0.25, 0.3) is 0 Å². The Kier molecular flexibility index (Phi) is 7.59. The molecule has 0 spiro atoms. The van der Waals surface area contributed by atoms with Crippen LogP contribution in [0.15, 0.2) is 0 Å². The number of unbranched alkanes of at least 4 members (excludes halogenated alkanes) is 1. The maximum absolute atomic E-state index is 12.2. The van der Waals surface area contributed by atoms with Crippen molar-refractivity contribution in [3.63, 3.8) is 0 Å². The molecule has 1 fully saturated rings. The van der Waals surface area contributed by atoms with E-state index < -0.39 is 12.0 Å². The van der Waals surface area contributed by atoms with E-state index in [2.05, 4.69) is 10.2 Å². The van der Waals surface area contributed by atoms with E-state index in [4.69, 9.17) is 5.11 Å². The predicted octanol–water partition coefficient (Wildman–Crippen LogP) is 2.01. The van der Waals surface area contributed by atoms with E-state index >= 15 is 0 Å². The smallest absolute Gasteiger partial charge is 0.326 e.